The number of halogens is 2. The van der Waals surface area contributed by atoms with E-state index in [1.165, 1.54) is 25.0 Å². The molecule has 1 aliphatic carbocycles. The Bertz CT molecular complexity index is 573. The summed E-state index contributed by atoms with van der Waals surface area (Å²) in [6.07, 6.45) is 4.51. The third-order valence-corrected chi connectivity index (χ3v) is 5.95. The lowest BCUT2D eigenvalue weighted by Gasteiger charge is -2.10. The standard InChI is InChI=1S/C12H16BrClN2O2S/c13-12-10(15)6-9(14)7-11(12)19(17,18)16-5-1-2-8-3-4-8/h6-8,16H,1-5,15H2. The highest BCUT2D eigenvalue weighted by Gasteiger charge is 2.22. The Kier molecular flexibility index (Phi) is 4.76. The summed E-state index contributed by atoms with van der Waals surface area (Å²) in [6.45, 7) is 0.442. The molecule has 1 saturated carbocycles. The first-order chi connectivity index (χ1) is 8.90. The zero-order chi connectivity index (χ0) is 14.0. The lowest BCUT2D eigenvalue weighted by molar-refractivity contribution is 0.572. The van der Waals surface area contributed by atoms with Crippen LogP contribution in [0.5, 0.6) is 0 Å². The van der Waals surface area contributed by atoms with Crippen LogP contribution in [0.2, 0.25) is 5.02 Å². The third kappa shape index (κ3) is 4.08. The van der Waals surface area contributed by atoms with Crippen molar-refractivity contribution >= 4 is 43.2 Å². The third-order valence-electron chi connectivity index (χ3n) is 3.10. The van der Waals surface area contributed by atoms with Crippen LogP contribution in [0.15, 0.2) is 21.5 Å². The molecule has 1 fully saturated rings. The van der Waals surface area contributed by atoms with Crippen LogP contribution in [-0.2, 0) is 10.0 Å². The maximum absolute atomic E-state index is 12.2. The molecule has 0 unspecified atom stereocenters. The van der Waals surface area contributed by atoms with E-state index in [-0.39, 0.29) is 4.90 Å². The van der Waals surface area contributed by atoms with Crippen LogP contribution in [0, 0.1) is 5.92 Å². The summed E-state index contributed by atoms with van der Waals surface area (Å²) in [5, 5.41) is 0.305. The van der Waals surface area contributed by atoms with Crippen LogP contribution in [-0.4, -0.2) is 15.0 Å². The number of hydrogen-bond acceptors (Lipinski definition) is 3. The van der Waals surface area contributed by atoms with E-state index in [0.29, 0.717) is 21.7 Å². The highest BCUT2D eigenvalue weighted by Crippen LogP contribution is 2.33. The summed E-state index contributed by atoms with van der Waals surface area (Å²) in [4.78, 5) is 0.0870. The van der Waals surface area contributed by atoms with Gasteiger partial charge in [0.2, 0.25) is 10.0 Å². The topological polar surface area (TPSA) is 72.2 Å². The van der Waals surface area contributed by atoms with Gasteiger partial charge in [0, 0.05) is 17.3 Å². The van der Waals surface area contributed by atoms with Gasteiger partial charge in [0.05, 0.1) is 9.37 Å². The number of nitrogen functional groups attached to an aromatic ring is 1. The maximum atomic E-state index is 12.2. The number of benzene rings is 1. The predicted octanol–water partition coefficient (Wildman–Crippen LogP) is 3.15. The van der Waals surface area contributed by atoms with Crippen molar-refractivity contribution in [3.8, 4) is 0 Å². The Hall–Kier alpha value is -0.300. The molecule has 7 heteroatoms. The minimum Gasteiger partial charge on any atom is -0.398 e. The van der Waals surface area contributed by atoms with Crippen molar-refractivity contribution in [3.05, 3.63) is 21.6 Å². The van der Waals surface area contributed by atoms with E-state index in [9.17, 15) is 8.42 Å². The zero-order valence-electron chi connectivity index (χ0n) is 10.3. The molecule has 1 aromatic rings. The zero-order valence-corrected chi connectivity index (χ0v) is 13.5. The van der Waals surface area contributed by atoms with Gasteiger partial charge in [-0.25, -0.2) is 13.1 Å². The van der Waals surface area contributed by atoms with Crippen molar-refractivity contribution in [3.63, 3.8) is 0 Å². The predicted molar refractivity (Wildman–Crippen MR) is 80.7 cm³/mol. The van der Waals surface area contributed by atoms with E-state index in [1.54, 1.807) is 0 Å². The Morgan fingerprint density at radius 2 is 2.11 bits per heavy atom. The maximum Gasteiger partial charge on any atom is 0.241 e. The summed E-state index contributed by atoms with van der Waals surface area (Å²) in [7, 11) is -3.57. The molecular weight excluding hydrogens is 352 g/mol. The number of rotatable bonds is 6. The van der Waals surface area contributed by atoms with Crippen LogP contribution >= 0.6 is 27.5 Å². The van der Waals surface area contributed by atoms with Crippen LogP contribution in [0.4, 0.5) is 5.69 Å². The molecule has 1 aliphatic rings. The molecule has 0 spiro atoms. The quantitative estimate of drug-likeness (QED) is 0.599. The van der Waals surface area contributed by atoms with Crippen LogP contribution < -0.4 is 10.5 Å². The number of nitrogens with two attached hydrogens (primary N) is 1. The number of sulfonamides is 1. The summed E-state index contributed by atoms with van der Waals surface area (Å²) in [5.74, 6) is 0.804. The van der Waals surface area contributed by atoms with Crippen molar-refractivity contribution in [1.29, 1.82) is 0 Å². The second-order valence-electron chi connectivity index (χ2n) is 4.79. The van der Waals surface area contributed by atoms with Crippen LogP contribution in [0.1, 0.15) is 25.7 Å². The normalized spacial score (nSPS) is 15.7. The van der Waals surface area contributed by atoms with Crippen molar-refractivity contribution in [2.45, 2.75) is 30.6 Å². The first-order valence-corrected chi connectivity index (χ1v) is 8.80. The summed E-state index contributed by atoms with van der Waals surface area (Å²) in [6, 6.07) is 2.91. The molecule has 0 heterocycles. The van der Waals surface area contributed by atoms with Gasteiger partial charge < -0.3 is 5.73 Å². The summed E-state index contributed by atoms with van der Waals surface area (Å²) < 4.78 is 27.3. The Morgan fingerprint density at radius 1 is 1.42 bits per heavy atom. The Morgan fingerprint density at radius 3 is 2.74 bits per heavy atom. The van der Waals surface area contributed by atoms with E-state index >= 15 is 0 Å². The van der Waals surface area contributed by atoms with Gasteiger partial charge in [0.1, 0.15) is 0 Å². The first kappa shape index (κ1) is 15.1. The molecule has 0 aromatic heterocycles. The molecule has 0 amide bonds. The van der Waals surface area contributed by atoms with Crippen molar-refractivity contribution in [2.75, 3.05) is 12.3 Å². The monoisotopic (exact) mass is 366 g/mol. The average molecular weight is 368 g/mol. The second-order valence-corrected chi connectivity index (χ2v) is 7.76. The molecule has 0 atom stereocenters. The largest absolute Gasteiger partial charge is 0.398 e. The highest BCUT2D eigenvalue weighted by atomic mass is 79.9. The van der Waals surface area contributed by atoms with Gasteiger partial charge >= 0.3 is 0 Å². The van der Waals surface area contributed by atoms with E-state index in [1.807, 2.05) is 0 Å². The van der Waals surface area contributed by atoms with E-state index < -0.39 is 10.0 Å². The molecule has 4 nitrogen and oxygen atoms in total. The van der Waals surface area contributed by atoms with Gasteiger partial charge in [0.25, 0.3) is 0 Å². The van der Waals surface area contributed by atoms with Gasteiger partial charge in [-0.05, 0) is 46.8 Å². The van der Waals surface area contributed by atoms with Crippen LogP contribution in [0.25, 0.3) is 0 Å². The smallest absolute Gasteiger partial charge is 0.241 e. The Labute approximate surface area is 126 Å². The molecule has 0 radical (unpaired) electrons. The van der Waals surface area contributed by atoms with E-state index in [4.69, 9.17) is 17.3 Å². The lowest BCUT2D eigenvalue weighted by Crippen LogP contribution is -2.25. The number of nitrogens with one attached hydrogen (secondary N) is 1. The van der Waals surface area contributed by atoms with Crippen molar-refractivity contribution in [2.24, 2.45) is 5.92 Å². The Balaban J connectivity index is 2.05. The lowest BCUT2D eigenvalue weighted by atomic mass is 10.2. The molecule has 2 rings (SSSR count). The molecule has 106 valence electrons. The van der Waals surface area contributed by atoms with Gasteiger partial charge in [-0.2, -0.15) is 0 Å². The molecule has 0 bridgehead atoms. The minimum atomic E-state index is -3.57. The molecule has 0 saturated heterocycles. The molecular formula is C12H16BrClN2O2S. The molecule has 0 aliphatic heterocycles. The summed E-state index contributed by atoms with van der Waals surface area (Å²) >= 11 is 9.04. The van der Waals surface area contributed by atoms with E-state index in [0.717, 1.165) is 18.8 Å². The fraction of sp³-hybridized carbons (Fsp3) is 0.500. The molecule has 3 N–H and O–H groups in total. The van der Waals surface area contributed by atoms with Gasteiger partial charge in [-0.15, -0.1) is 0 Å². The van der Waals surface area contributed by atoms with E-state index in [2.05, 4.69) is 20.7 Å². The number of anilines is 1. The number of hydrogen-bond donors (Lipinski definition) is 2. The molecule has 1 aromatic carbocycles. The minimum absolute atomic E-state index is 0.0870. The van der Waals surface area contributed by atoms with Crippen molar-refractivity contribution in [1.82, 2.24) is 4.72 Å². The average Bonchev–Trinajstić information content (AvgIpc) is 3.13. The molecule has 19 heavy (non-hydrogen) atoms. The van der Waals surface area contributed by atoms with Crippen LogP contribution in [0.3, 0.4) is 0 Å². The summed E-state index contributed by atoms with van der Waals surface area (Å²) in [5.41, 5.74) is 6.01. The highest BCUT2D eigenvalue weighted by molar-refractivity contribution is 9.10. The fourth-order valence-electron chi connectivity index (χ4n) is 1.86. The van der Waals surface area contributed by atoms with Gasteiger partial charge in [-0.1, -0.05) is 24.4 Å². The first-order valence-electron chi connectivity index (χ1n) is 6.14. The van der Waals surface area contributed by atoms with Gasteiger partial charge in [-0.3, -0.25) is 0 Å². The second kappa shape index (κ2) is 5.99. The fourth-order valence-corrected chi connectivity index (χ4v) is 4.23. The van der Waals surface area contributed by atoms with Gasteiger partial charge in [0.15, 0.2) is 0 Å². The van der Waals surface area contributed by atoms with Crippen molar-refractivity contribution < 1.29 is 8.42 Å². The SMILES string of the molecule is Nc1cc(Cl)cc(S(=O)(=O)NCCCC2CC2)c1Br.